The maximum absolute atomic E-state index is 13.1. The molecule has 0 aliphatic rings. The Balaban J connectivity index is 2.50. The van der Waals surface area contributed by atoms with E-state index in [1.165, 1.54) is 4.90 Å². The van der Waals surface area contributed by atoms with Crippen molar-refractivity contribution in [3.8, 4) is 11.1 Å². The average molecular weight is 373 g/mol. The van der Waals surface area contributed by atoms with Crippen LogP contribution in [-0.4, -0.2) is 29.4 Å². The van der Waals surface area contributed by atoms with Crippen molar-refractivity contribution in [2.45, 2.75) is 26.9 Å². The minimum absolute atomic E-state index is 0.0820. The van der Waals surface area contributed by atoms with Crippen molar-refractivity contribution in [1.82, 2.24) is 9.88 Å². The maximum atomic E-state index is 13.1. The molecule has 25 heavy (non-hydrogen) atoms. The molecule has 0 saturated heterocycles. The molecule has 136 valence electrons. The predicted molar refractivity (Wildman–Crippen MR) is 92.7 cm³/mol. The van der Waals surface area contributed by atoms with E-state index in [-0.39, 0.29) is 16.7 Å². The van der Waals surface area contributed by atoms with E-state index in [1.807, 2.05) is 20.8 Å². The van der Waals surface area contributed by atoms with E-state index >= 15 is 0 Å². The largest absolute Gasteiger partial charge is 0.431 e. The highest BCUT2D eigenvalue weighted by molar-refractivity contribution is 6.30. The molecule has 1 heterocycles. The van der Waals surface area contributed by atoms with Gasteiger partial charge in [-0.15, -0.1) is 0 Å². The van der Waals surface area contributed by atoms with E-state index < -0.39 is 17.8 Å². The Morgan fingerprint density at radius 3 is 2.20 bits per heavy atom. The second kappa shape index (κ2) is 6.75. The molecular formula is C18H20ClF3N2O. The Morgan fingerprint density at radius 1 is 1.16 bits per heavy atom. The summed E-state index contributed by atoms with van der Waals surface area (Å²) in [4.78, 5) is 16.4. The van der Waals surface area contributed by atoms with Crippen LogP contribution in [0.3, 0.4) is 0 Å². The van der Waals surface area contributed by atoms with Gasteiger partial charge in [0.05, 0.1) is 0 Å². The fourth-order valence-corrected chi connectivity index (χ4v) is 2.73. The summed E-state index contributed by atoms with van der Waals surface area (Å²) in [6.07, 6.45) is -4.57. The van der Waals surface area contributed by atoms with Gasteiger partial charge in [-0.3, -0.25) is 4.79 Å². The third kappa shape index (κ3) is 4.78. The Hall–Kier alpha value is -1.95. The first-order valence-corrected chi connectivity index (χ1v) is 8.08. The van der Waals surface area contributed by atoms with Crippen molar-refractivity contribution in [2.75, 3.05) is 13.6 Å². The highest BCUT2D eigenvalue weighted by atomic mass is 35.5. The van der Waals surface area contributed by atoms with Gasteiger partial charge in [-0.2, -0.15) is 13.2 Å². The second-order valence-corrected chi connectivity index (χ2v) is 7.63. The number of benzene rings is 1. The number of nitrogens with zero attached hydrogens (tertiary/aromatic N) is 1. The first kappa shape index (κ1) is 19.4. The normalized spacial score (nSPS) is 12.3. The fraction of sp³-hybridized carbons (Fsp3) is 0.389. The zero-order valence-corrected chi connectivity index (χ0v) is 15.2. The number of H-pyrrole nitrogens is 1. The lowest BCUT2D eigenvalue weighted by atomic mass is 9.96. The molecule has 0 fully saturated rings. The summed E-state index contributed by atoms with van der Waals surface area (Å²) < 4.78 is 39.4. The van der Waals surface area contributed by atoms with Crippen molar-refractivity contribution in [2.24, 2.45) is 5.41 Å². The van der Waals surface area contributed by atoms with Crippen LogP contribution in [0, 0.1) is 5.41 Å². The molecule has 0 radical (unpaired) electrons. The SMILES string of the molecule is CN(CC(C)(C)C)C(=O)c1[nH]c(C(F)(F)F)cc1-c1ccc(Cl)cc1. The summed E-state index contributed by atoms with van der Waals surface area (Å²) in [7, 11) is 1.58. The Bertz CT molecular complexity index is 758. The van der Waals surface area contributed by atoms with Gasteiger partial charge in [0.1, 0.15) is 11.4 Å². The minimum atomic E-state index is -4.57. The molecule has 1 N–H and O–H groups in total. The molecule has 3 nitrogen and oxygen atoms in total. The summed E-state index contributed by atoms with van der Waals surface area (Å²) in [5, 5.41) is 0.466. The molecule has 0 aliphatic carbocycles. The van der Waals surface area contributed by atoms with Crippen LogP contribution < -0.4 is 0 Å². The van der Waals surface area contributed by atoms with Crippen molar-refractivity contribution in [1.29, 1.82) is 0 Å². The third-order valence-corrected chi connectivity index (χ3v) is 3.80. The Labute approximate surface area is 149 Å². The van der Waals surface area contributed by atoms with Crippen molar-refractivity contribution in [3.05, 3.63) is 46.7 Å². The minimum Gasteiger partial charge on any atom is -0.346 e. The zero-order valence-electron chi connectivity index (χ0n) is 14.5. The van der Waals surface area contributed by atoms with Crippen LogP contribution in [0.15, 0.2) is 30.3 Å². The van der Waals surface area contributed by atoms with Crippen LogP contribution in [0.1, 0.15) is 37.0 Å². The zero-order chi connectivity index (χ0) is 19.0. The van der Waals surface area contributed by atoms with Gasteiger partial charge in [0.2, 0.25) is 0 Å². The van der Waals surface area contributed by atoms with Crippen LogP contribution in [0.25, 0.3) is 11.1 Å². The molecule has 0 spiro atoms. The lowest BCUT2D eigenvalue weighted by molar-refractivity contribution is -0.140. The number of nitrogens with one attached hydrogen (secondary N) is 1. The predicted octanol–water partition coefficient (Wildman–Crippen LogP) is 5.47. The number of aromatic amines is 1. The number of amides is 1. The first-order chi connectivity index (χ1) is 11.4. The number of carbonyl (C=O) groups is 1. The van der Waals surface area contributed by atoms with Gasteiger partial charge >= 0.3 is 6.18 Å². The molecular weight excluding hydrogens is 353 g/mol. The number of halogens is 4. The number of alkyl halides is 3. The monoisotopic (exact) mass is 372 g/mol. The molecule has 1 amide bonds. The summed E-state index contributed by atoms with van der Waals surface area (Å²) in [6.45, 7) is 6.26. The van der Waals surface area contributed by atoms with E-state index in [2.05, 4.69) is 4.98 Å². The Kier molecular flexibility index (Phi) is 5.23. The van der Waals surface area contributed by atoms with Crippen molar-refractivity contribution in [3.63, 3.8) is 0 Å². The first-order valence-electron chi connectivity index (χ1n) is 7.70. The van der Waals surface area contributed by atoms with Gasteiger partial charge in [0.25, 0.3) is 5.91 Å². The maximum Gasteiger partial charge on any atom is 0.431 e. The number of aromatic nitrogens is 1. The quantitative estimate of drug-likeness (QED) is 0.761. The van der Waals surface area contributed by atoms with E-state index in [1.54, 1.807) is 31.3 Å². The van der Waals surface area contributed by atoms with Gasteiger partial charge in [-0.1, -0.05) is 44.5 Å². The van der Waals surface area contributed by atoms with Gasteiger partial charge < -0.3 is 9.88 Å². The highest BCUT2D eigenvalue weighted by Gasteiger charge is 2.35. The summed E-state index contributed by atoms with van der Waals surface area (Å²) in [5.41, 5.74) is -0.519. The van der Waals surface area contributed by atoms with Gasteiger partial charge in [0, 0.05) is 24.2 Å². The van der Waals surface area contributed by atoms with E-state index in [0.29, 0.717) is 17.1 Å². The molecule has 2 rings (SSSR count). The van der Waals surface area contributed by atoms with Crippen molar-refractivity contribution >= 4 is 17.5 Å². The van der Waals surface area contributed by atoms with Crippen LogP contribution >= 0.6 is 11.6 Å². The molecule has 2 aromatic rings. The van der Waals surface area contributed by atoms with Gasteiger partial charge in [-0.25, -0.2) is 0 Å². The van der Waals surface area contributed by atoms with E-state index in [4.69, 9.17) is 11.6 Å². The third-order valence-electron chi connectivity index (χ3n) is 3.55. The van der Waals surface area contributed by atoms with Gasteiger partial charge in [-0.05, 0) is 29.2 Å². The summed E-state index contributed by atoms with van der Waals surface area (Å²) in [6, 6.07) is 7.29. The van der Waals surface area contributed by atoms with Crippen molar-refractivity contribution < 1.29 is 18.0 Å². The van der Waals surface area contributed by atoms with Gasteiger partial charge in [0.15, 0.2) is 0 Å². The topological polar surface area (TPSA) is 36.1 Å². The number of hydrogen-bond donors (Lipinski definition) is 1. The number of hydrogen-bond acceptors (Lipinski definition) is 1. The number of carbonyl (C=O) groups excluding carboxylic acids is 1. The van der Waals surface area contributed by atoms with Crippen LogP contribution in [0.2, 0.25) is 5.02 Å². The molecule has 0 atom stereocenters. The smallest absolute Gasteiger partial charge is 0.346 e. The van der Waals surface area contributed by atoms with Crippen LogP contribution in [-0.2, 0) is 6.18 Å². The highest BCUT2D eigenvalue weighted by Crippen LogP contribution is 2.35. The molecule has 0 saturated carbocycles. The lowest BCUT2D eigenvalue weighted by Crippen LogP contribution is -2.35. The Morgan fingerprint density at radius 2 is 1.72 bits per heavy atom. The molecule has 0 bridgehead atoms. The molecule has 1 aromatic heterocycles. The van der Waals surface area contributed by atoms with Crippen LogP contribution in [0.5, 0.6) is 0 Å². The second-order valence-electron chi connectivity index (χ2n) is 7.20. The van der Waals surface area contributed by atoms with E-state index in [0.717, 1.165) is 6.07 Å². The lowest BCUT2D eigenvalue weighted by Gasteiger charge is -2.26. The molecule has 7 heteroatoms. The summed E-state index contributed by atoms with van der Waals surface area (Å²) in [5.74, 6) is -0.490. The molecule has 1 aromatic carbocycles. The molecule has 0 unspecified atom stereocenters. The number of rotatable bonds is 3. The molecule has 0 aliphatic heterocycles. The average Bonchev–Trinajstić information content (AvgIpc) is 2.90. The van der Waals surface area contributed by atoms with E-state index in [9.17, 15) is 18.0 Å². The standard InChI is InChI=1S/C18H20ClF3N2O/c1-17(2,3)10-24(4)16(25)15-13(9-14(23-15)18(20,21)22)11-5-7-12(19)8-6-11/h5-9,23H,10H2,1-4H3. The summed E-state index contributed by atoms with van der Waals surface area (Å²) >= 11 is 5.84. The van der Waals surface area contributed by atoms with Crippen LogP contribution in [0.4, 0.5) is 13.2 Å². The fourth-order valence-electron chi connectivity index (χ4n) is 2.61.